The molecule has 27 heteroatoms. The average molecular weight is 955 g/mol. The zero-order valence-corrected chi connectivity index (χ0v) is 33.4. The minimum Gasteiger partial charge on any atom is -0.504 e. The Hall–Kier alpha value is -8.92. The molecule has 1 fully saturated rings. The standard InChI is InChI=1S/C41H30O27/c42-15-1-10(2-16(43)26(15)50)34(54)64-30-22-9-62-37(57)13-7-21(48)29(53)31-24(13)25-14(8-23(49)41(61,68-31)40(25,59)60)38(58)65-32(30)33(66-35(55)11-3-17(44)27(51)18(45)4-11)39(63-22)67-36(56)12-5-19(46)28(52)20(47)6-12/h1-8,22,25,30,32-33,39,42-48,50-53,59-61H,9H2/t22-,25-,30-,32+,33-,39+,41?/m1/s1. The predicted molar refractivity (Wildman–Crippen MR) is 205 cm³/mol. The van der Waals surface area contributed by atoms with Gasteiger partial charge >= 0.3 is 35.6 Å². The first kappa shape index (κ1) is 45.6. The third kappa shape index (κ3) is 7.18. The van der Waals surface area contributed by atoms with Crippen molar-refractivity contribution in [2.24, 2.45) is 0 Å². The van der Waals surface area contributed by atoms with Crippen molar-refractivity contribution in [3.63, 3.8) is 0 Å². The molecule has 4 aliphatic rings. The smallest absolute Gasteiger partial charge is 0.340 e. The van der Waals surface area contributed by atoms with Crippen molar-refractivity contribution >= 4 is 35.6 Å². The minimum atomic E-state index is -4.01. The van der Waals surface area contributed by atoms with Crippen LogP contribution < -0.4 is 4.74 Å². The van der Waals surface area contributed by atoms with Gasteiger partial charge in [0.05, 0.1) is 33.7 Å². The van der Waals surface area contributed by atoms with E-state index in [-0.39, 0.29) is 6.08 Å². The second-order valence-electron chi connectivity index (χ2n) is 15.1. The molecule has 7 atom stereocenters. The molecular formula is C41H30O27. The second-order valence-corrected chi connectivity index (χ2v) is 15.1. The van der Waals surface area contributed by atoms with Crippen molar-refractivity contribution in [2.75, 3.05) is 6.61 Å². The van der Waals surface area contributed by atoms with Gasteiger partial charge < -0.3 is 105 Å². The van der Waals surface area contributed by atoms with Crippen LogP contribution in [0.3, 0.4) is 0 Å². The third-order valence-electron chi connectivity index (χ3n) is 10.9. The largest absolute Gasteiger partial charge is 0.504 e. The maximum atomic E-state index is 14.7. The maximum Gasteiger partial charge on any atom is 0.340 e. The van der Waals surface area contributed by atoms with Crippen LogP contribution in [0.4, 0.5) is 0 Å². The van der Waals surface area contributed by atoms with Crippen LogP contribution in [0.2, 0.25) is 0 Å². The average Bonchev–Trinajstić information content (AvgIpc) is 3.27. The highest BCUT2D eigenvalue weighted by atomic mass is 16.7. The third-order valence-corrected chi connectivity index (χ3v) is 10.9. The maximum absolute atomic E-state index is 14.7. The van der Waals surface area contributed by atoms with Gasteiger partial charge in [0.15, 0.2) is 75.5 Å². The van der Waals surface area contributed by atoms with E-state index < -0.39 is 193 Å². The molecule has 1 aliphatic carbocycles. The molecule has 4 bridgehead atoms. The Morgan fingerprint density at radius 3 is 1.50 bits per heavy atom. The number of carbonyl (C=O) groups excluding carboxylic acids is 6. The highest BCUT2D eigenvalue weighted by Gasteiger charge is 2.70. The number of cyclic esters (lactones) is 1. The SMILES string of the molecule is O=C1O[C@@H]2[C@@H](OC(=O)c3cc(O)c(O)c(O)c3)[C@H](OC(=O)c3cc(O)c(O)c(O)c3)O[C@H](COC(=O)c3cc(O)c(O)c4c3[C@H]3C1=CC(=O)C(O)(O4)C3(O)O)[C@H]2OC(=O)c1cc(O)c(O)c(O)c1. The molecule has 3 heterocycles. The summed E-state index contributed by atoms with van der Waals surface area (Å²) < 4.78 is 38.6. The summed E-state index contributed by atoms with van der Waals surface area (Å²) in [4.78, 5) is 83.7. The second kappa shape index (κ2) is 15.9. The van der Waals surface area contributed by atoms with Crippen LogP contribution in [0.15, 0.2) is 54.1 Å². The topological polar surface area (TPSA) is 450 Å². The lowest BCUT2D eigenvalue weighted by Gasteiger charge is -2.50. The number of carbonyl (C=O) groups is 6. The summed E-state index contributed by atoms with van der Waals surface area (Å²) in [6.45, 7) is -1.29. The summed E-state index contributed by atoms with van der Waals surface area (Å²) in [6, 6.07) is 3.72. The van der Waals surface area contributed by atoms with Crippen molar-refractivity contribution < 1.29 is 133 Å². The number of aromatic hydroxyl groups is 11. The molecule has 8 rings (SSSR count). The lowest BCUT2D eigenvalue weighted by Crippen LogP contribution is -2.70. The Morgan fingerprint density at radius 2 is 1.01 bits per heavy atom. The summed E-state index contributed by atoms with van der Waals surface area (Å²) in [5, 5.41) is 146. The zero-order chi connectivity index (χ0) is 49.6. The molecule has 4 aromatic carbocycles. The van der Waals surface area contributed by atoms with Crippen LogP contribution in [-0.4, -0.2) is 156 Å². The molecule has 68 heavy (non-hydrogen) atoms. The number of ether oxygens (including phenoxy) is 7. The molecule has 3 aliphatic heterocycles. The van der Waals surface area contributed by atoms with Gasteiger partial charge in [0, 0.05) is 5.56 Å². The first-order valence-electron chi connectivity index (χ1n) is 19.0. The van der Waals surface area contributed by atoms with Crippen LogP contribution in [0.25, 0.3) is 0 Å². The molecule has 0 spiro atoms. The summed E-state index contributed by atoms with van der Waals surface area (Å²) in [7, 11) is 0. The van der Waals surface area contributed by atoms with Crippen molar-refractivity contribution in [1.82, 2.24) is 0 Å². The van der Waals surface area contributed by atoms with E-state index in [2.05, 4.69) is 0 Å². The Labute approximate surface area is 374 Å². The summed E-state index contributed by atoms with van der Waals surface area (Å²) in [6.07, 6.45) is -12.2. The molecule has 356 valence electrons. The molecule has 1 unspecified atom stereocenters. The van der Waals surface area contributed by atoms with Gasteiger partial charge in [-0.15, -0.1) is 0 Å². The van der Waals surface area contributed by atoms with Crippen molar-refractivity contribution in [3.05, 3.63) is 81.9 Å². The van der Waals surface area contributed by atoms with Crippen LogP contribution in [-0.2, 0) is 38.0 Å². The number of phenolic OH excluding ortho intramolecular Hbond substituents is 11. The first-order chi connectivity index (χ1) is 31.8. The Morgan fingerprint density at radius 1 is 0.574 bits per heavy atom. The fourth-order valence-corrected chi connectivity index (χ4v) is 7.59. The Kier molecular flexibility index (Phi) is 10.7. The molecule has 1 saturated heterocycles. The van der Waals surface area contributed by atoms with Crippen molar-refractivity contribution in [1.29, 1.82) is 0 Å². The molecule has 0 radical (unpaired) electrons. The first-order valence-corrected chi connectivity index (χ1v) is 19.0. The van der Waals surface area contributed by atoms with E-state index in [4.69, 9.17) is 33.2 Å². The molecule has 0 aromatic heterocycles. The number of benzene rings is 4. The van der Waals surface area contributed by atoms with E-state index in [0.717, 1.165) is 0 Å². The zero-order valence-electron chi connectivity index (χ0n) is 33.4. The normalized spacial score (nSPS) is 24.6. The number of esters is 5. The molecule has 0 amide bonds. The van der Waals surface area contributed by atoms with E-state index in [1.807, 2.05) is 0 Å². The van der Waals surface area contributed by atoms with Gasteiger partial charge in [-0.3, -0.25) is 4.79 Å². The fraction of sp³-hybridized carbons (Fsp3) is 0.220. The minimum absolute atomic E-state index is 0.218. The van der Waals surface area contributed by atoms with Crippen LogP contribution in [0.5, 0.6) is 69.0 Å². The molecular weight excluding hydrogens is 924 g/mol. The van der Waals surface area contributed by atoms with Gasteiger partial charge in [-0.2, -0.15) is 0 Å². The number of phenols is 11. The summed E-state index contributed by atoms with van der Waals surface area (Å²) >= 11 is 0. The summed E-state index contributed by atoms with van der Waals surface area (Å²) in [5.41, 5.74) is -5.58. The quantitative estimate of drug-likeness (QED) is 0.0473. The lowest BCUT2D eigenvalue weighted by molar-refractivity contribution is -0.339. The van der Waals surface area contributed by atoms with Gasteiger partial charge in [0.1, 0.15) is 12.7 Å². The van der Waals surface area contributed by atoms with Gasteiger partial charge in [-0.1, -0.05) is 0 Å². The van der Waals surface area contributed by atoms with E-state index >= 15 is 0 Å². The van der Waals surface area contributed by atoms with E-state index in [1.165, 1.54) is 0 Å². The molecule has 14 N–H and O–H groups in total. The fourth-order valence-electron chi connectivity index (χ4n) is 7.59. The monoisotopic (exact) mass is 954 g/mol. The van der Waals surface area contributed by atoms with Gasteiger partial charge in [0.25, 0.3) is 5.79 Å². The van der Waals surface area contributed by atoms with Gasteiger partial charge in [-0.05, 0) is 48.5 Å². The highest BCUT2D eigenvalue weighted by molar-refractivity contribution is 6.08. The van der Waals surface area contributed by atoms with Crippen molar-refractivity contribution in [2.45, 2.75) is 48.2 Å². The number of rotatable bonds is 6. The van der Waals surface area contributed by atoms with Gasteiger partial charge in [0.2, 0.25) is 23.9 Å². The van der Waals surface area contributed by atoms with Gasteiger partial charge in [-0.25, -0.2) is 24.0 Å². The van der Waals surface area contributed by atoms with E-state index in [1.54, 1.807) is 0 Å². The van der Waals surface area contributed by atoms with Crippen molar-refractivity contribution in [3.8, 4) is 69.0 Å². The Bertz CT molecular complexity index is 2870. The number of ketones is 1. The number of aliphatic hydroxyl groups is 3. The molecule has 27 nitrogen and oxygen atoms in total. The number of fused-ring (bicyclic) bond motifs is 3. The van der Waals surface area contributed by atoms with E-state index in [9.17, 15) is 100 Å². The number of hydrogen-bond donors (Lipinski definition) is 14. The van der Waals surface area contributed by atoms with E-state index in [0.29, 0.717) is 42.5 Å². The highest BCUT2D eigenvalue weighted by Crippen LogP contribution is 2.58. The lowest BCUT2D eigenvalue weighted by atomic mass is 9.70. The number of hydrogen-bond acceptors (Lipinski definition) is 27. The summed E-state index contributed by atoms with van der Waals surface area (Å²) in [5.74, 6) is -34.6. The van der Waals surface area contributed by atoms with Crippen LogP contribution in [0, 0.1) is 0 Å². The molecule has 4 aromatic rings. The van der Waals surface area contributed by atoms with Crippen LogP contribution >= 0.6 is 0 Å². The Balaban J connectivity index is 1.33. The predicted octanol–water partition coefficient (Wildman–Crippen LogP) is -1.08. The molecule has 0 saturated carbocycles. The van der Waals surface area contributed by atoms with Crippen LogP contribution in [0.1, 0.15) is 52.9 Å².